The summed E-state index contributed by atoms with van der Waals surface area (Å²) in [5, 5.41) is 15.1. The molecule has 0 bridgehead atoms. The first-order valence-electron chi connectivity index (χ1n) is 45.7. The van der Waals surface area contributed by atoms with Crippen molar-refractivity contribution in [2.75, 3.05) is 0 Å². The van der Waals surface area contributed by atoms with Gasteiger partial charge >= 0.3 is 0 Å². The zero-order valence-electron chi connectivity index (χ0n) is 74.8. The standard InChI is InChI=1S/C46H36N2.C40H32N2.C39H30N2/c1-3-31-14-10-28-47-45(31)36-22-18-34(19-23-36)43-39-16-8-9-17-40(39)44(42-30-38(26-27-41(42)43)33-12-6-5-7-13-33)35-20-24-37(25-21-35)46-32(4-2)15-11-29-48-46;1-3-27-21-23-41-37(25-27)29-13-17-31(18-14-29)39-33-9-5-7-11-35(33)40(36-12-8-6-10-34(36)39)32-19-15-30(16-20-32)38-26-28(4-2)22-24-42-38;1-25-12-15-36-37(20-25)39(33-17-14-29(22-27(33)3)31-9-7-19-41-24-31)35-11-5-4-10-34(35)38(36)32-16-13-28(21-26(32)2)30-8-6-18-40-23-30/h5-30H,3-4H2,1-2H3;5-26H,3-4H2,1-2H3;4-24H,1-3H3. The first kappa shape index (κ1) is 83.2. The Morgan fingerprint density at radius 1 is 0.191 bits per heavy atom. The van der Waals surface area contributed by atoms with Crippen molar-refractivity contribution in [2.24, 2.45) is 0 Å². The topological polar surface area (TPSA) is 77.3 Å². The maximum atomic E-state index is 4.74. The Kier molecular flexibility index (Phi) is 23.6. The van der Waals surface area contributed by atoms with E-state index in [-0.39, 0.29) is 0 Å². The fraction of sp³-hybridized carbons (Fsp3) is 0.0880. The lowest BCUT2D eigenvalue weighted by atomic mass is 9.83. The van der Waals surface area contributed by atoms with Crippen LogP contribution >= 0.6 is 0 Å². The molecule has 0 radical (unpaired) electrons. The molecule has 131 heavy (non-hydrogen) atoms. The van der Waals surface area contributed by atoms with E-state index in [0.717, 1.165) is 81.8 Å². The molecule has 0 aliphatic carbocycles. The average molecular weight is 1680 g/mol. The molecule has 22 rings (SSSR count). The van der Waals surface area contributed by atoms with E-state index in [1.165, 1.54) is 193 Å². The Morgan fingerprint density at radius 3 is 0.893 bits per heavy atom. The van der Waals surface area contributed by atoms with Crippen molar-refractivity contribution in [3.63, 3.8) is 0 Å². The number of aromatic nitrogens is 6. The number of benzene rings is 16. The van der Waals surface area contributed by atoms with Gasteiger partial charge in [-0.05, 0) is 299 Å². The van der Waals surface area contributed by atoms with E-state index < -0.39 is 0 Å². The second kappa shape index (κ2) is 37.1. The summed E-state index contributed by atoms with van der Waals surface area (Å²) in [6.07, 6.45) is 19.0. The number of nitrogens with zero attached hydrogens (tertiary/aromatic N) is 6. The van der Waals surface area contributed by atoms with Crippen LogP contribution in [0.25, 0.3) is 210 Å². The molecule has 0 fully saturated rings. The number of pyridine rings is 6. The fourth-order valence-corrected chi connectivity index (χ4v) is 19.4. The minimum Gasteiger partial charge on any atom is -0.264 e. The maximum absolute atomic E-state index is 4.74. The maximum Gasteiger partial charge on any atom is 0.0733 e. The molecule has 16 aromatic carbocycles. The zero-order valence-corrected chi connectivity index (χ0v) is 74.8. The van der Waals surface area contributed by atoms with Crippen molar-refractivity contribution in [2.45, 2.75) is 74.1 Å². The van der Waals surface area contributed by atoms with E-state index in [1.54, 1.807) is 0 Å². The Hall–Kier alpha value is -16.0. The van der Waals surface area contributed by atoms with Gasteiger partial charge in [0.05, 0.1) is 22.8 Å². The SMILES string of the molecule is CCc1cccnc1-c1ccc(-c2c3ccccc3c(-c3ccc(-c4ncccc4CC)cc3)c3cc(-c4ccccc4)ccc23)cc1.CCc1ccnc(-c2ccc(-c3c4ccccc4c(-c4ccc(-c5cc(CC)ccn5)cc4)c4ccccc34)cc2)c1.Cc1ccc2c(-c3ccc(-c4cccnc4)cc3C)c3ccccc3c(-c3ccc(-c4cccnc4)cc3C)c2c1. The molecule has 628 valence electrons. The Morgan fingerprint density at radius 2 is 0.504 bits per heavy atom. The van der Waals surface area contributed by atoms with E-state index >= 15 is 0 Å². The van der Waals surface area contributed by atoms with Crippen LogP contribution in [0.15, 0.2) is 420 Å². The van der Waals surface area contributed by atoms with Crippen LogP contribution in [0.2, 0.25) is 0 Å². The Bertz CT molecular complexity index is 7780. The third-order valence-corrected chi connectivity index (χ3v) is 26.1. The highest BCUT2D eigenvalue weighted by molar-refractivity contribution is 6.25. The second-order valence-corrected chi connectivity index (χ2v) is 34.0. The van der Waals surface area contributed by atoms with Gasteiger partial charge in [-0.3, -0.25) is 29.9 Å². The van der Waals surface area contributed by atoms with Gasteiger partial charge in [-0.15, -0.1) is 0 Å². The van der Waals surface area contributed by atoms with Crippen molar-refractivity contribution < 1.29 is 0 Å². The lowest BCUT2D eigenvalue weighted by molar-refractivity contribution is 1.11. The van der Waals surface area contributed by atoms with Gasteiger partial charge in [0.15, 0.2) is 0 Å². The number of rotatable bonds is 17. The van der Waals surface area contributed by atoms with E-state index in [1.807, 2.05) is 73.8 Å². The molecular formula is C125H98N6. The highest BCUT2D eigenvalue weighted by Gasteiger charge is 2.24. The summed E-state index contributed by atoms with van der Waals surface area (Å²) in [6.45, 7) is 15.4. The average Bonchev–Trinajstić information content (AvgIpc) is 0.731. The molecule has 6 aromatic heterocycles. The van der Waals surface area contributed by atoms with Crippen LogP contribution in [0.4, 0.5) is 0 Å². The number of hydrogen-bond acceptors (Lipinski definition) is 6. The Labute approximate surface area is 767 Å². The van der Waals surface area contributed by atoms with Gasteiger partial charge in [0.2, 0.25) is 0 Å². The van der Waals surface area contributed by atoms with E-state index in [2.05, 4.69) is 414 Å². The summed E-state index contributed by atoms with van der Waals surface area (Å²) >= 11 is 0. The monoisotopic (exact) mass is 1680 g/mol. The van der Waals surface area contributed by atoms with Crippen LogP contribution in [-0.4, -0.2) is 29.9 Å². The summed E-state index contributed by atoms with van der Waals surface area (Å²) in [7, 11) is 0. The third kappa shape index (κ3) is 16.5. The molecule has 0 spiro atoms. The summed E-state index contributed by atoms with van der Waals surface area (Å²) in [5.41, 5.74) is 39.6. The fourth-order valence-electron chi connectivity index (χ4n) is 19.4. The van der Waals surface area contributed by atoms with Crippen molar-refractivity contribution >= 4 is 64.6 Å². The predicted molar refractivity (Wildman–Crippen MR) is 554 cm³/mol. The van der Waals surface area contributed by atoms with Gasteiger partial charge in [0.1, 0.15) is 0 Å². The van der Waals surface area contributed by atoms with Gasteiger partial charge in [-0.25, -0.2) is 0 Å². The molecule has 0 unspecified atom stereocenters. The first-order valence-corrected chi connectivity index (χ1v) is 45.7. The molecule has 6 heteroatoms. The van der Waals surface area contributed by atoms with Crippen LogP contribution in [0, 0.1) is 20.8 Å². The highest BCUT2D eigenvalue weighted by atomic mass is 14.7. The molecule has 0 aliphatic heterocycles. The van der Waals surface area contributed by atoms with Gasteiger partial charge in [-0.1, -0.05) is 349 Å². The second-order valence-electron chi connectivity index (χ2n) is 34.0. The molecule has 0 atom stereocenters. The van der Waals surface area contributed by atoms with Crippen molar-refractivity contribution in [1.82, 2.24) is 29.9 Å². The summed E-state index contributed by atoms with van der Waals surface area (Å²) < 4.78 is 0. The summed E-state index contributed by atoms with van der Waals surface area (Å²) in [5.74, 6) is 0. The molecule has 0 amide bonds. The number of fused-ring (bicyclic) bond motifs is 6. The lowest BCUT2D eigenvalue weighted by Gasteiger charge is -2.21. The van der Waals surface area contributed by atoms with E-state index in [9.17, 15) is 0 Å². The van der Waals surface area contributed by atoms with Crippen LogP contribution in [0.5, 0.6) is 0 Å². The van der Waals surface area contributed by atoms with Crippen molar-refractivity contribution in [1.29, 1.82) is 0 Å². The smallest absolute Gasteiger partial charge is 0.0733 e. The normalized spacial score (nSPS) is 11.3. The quantitative estimate of drug-likeness (QED) is 0.0846. The minimum absolute atomic E-state index is 0.951. The lowest BCUT2D eigenvalue weighted by Crippen LogP contribution is -1.95. The molecule has 6 nitrogen and oxygen atoms in total. The highest BCUT2D eigenvalue weighted by Crippen LogP contribution is 2.50. The summed E-state index contributed by atoms with van der Waals surface area (Å²) in [4.78, 5) is 27.4. The van der Waals surface area contributed by atoms with Gasteiger partial charge in [-0.2, -0.15) is 0 Å². The van der Waals surface area contributed by atoms with E-state index in [0.29, 0.717) is 0 Å². The third-order valence-electron chi connectivity index (χ3n) is 26.1. The molecule has 0 saturated heterocycles. The molecule has 22 aromatic rings. The van der Waals surface area contributed by atoms with Gasteiger partial charge in [0.25, 0.3) is 0 Å². The number of hydrogen-bond donors (Lipinski definition) is 0. The predicted octanol–water partition coefficient (Wildman–Crippen LogP) is 33.2. The number of aryl methyl sites for hydroxylation is 7. The van der Waals surface area contributed by atoms with Crippen molar-refractivity contribution in [3.8, 4) is 145 Å². The Balaban J connectivity index is 0.000000123. The first-order chi connectivity index (χ1) is 64.5. The zero-order chi connectivity index (χ0) is 88.8. The van der Waals surface area contributed by atoms with Crippen LogP contribution < -0.4 is 0 Å². The molecular weight excluding hydrogens is 1590 g/mol. The van der Waals surface area contributed by atoms with Crippen LogP contribution in [-0.2, 0) is 25.7 Å². The van der Waals surface area contributed by atoms with Crippen LogP contribution in [0.1, 0.15) is 66.6 Å². The van der Waals surface area contributed by atoms with Gasteiger partial charge in [0, 0.05) is 71.8 Å². The van der Waals surface area contributed by atoms with E-state index in [4.69, 9.17) is 9.97 Å². The molecule has 0 aliphatic rings. The summed E-state index contributed by atoms with van der Waals surface area (Å²) in [6, 6.07) is 134. The largest absolute Gasteiger partial charge is 0.264 e. The van der Waals surface area contributed by atoms with Crippen LogP contribution in [0.3, 0.4) is 0 Å². The molecule has 0 N–H and O–H groups in total. The minimum atomic E-state index is 0.951. The molecule has 0 saturated carbocycles. The molecule has 6 heterocycles. The van der Waals surface area contributed by atoms with Gasteiger partial charge < -0.3 is 0 Å². The van der Waals surface area contributed by atoms with Crippen molar-refractivity contribution in [3.05, 3.63) is 459 Å².